The van der Waals surface area contributed by atoms with E-state index in [4.69, 9.17) is 4.74 Å². The van der Waals surface area contributed by atoms with Crippen LogP contribution in [-0.4, -0.2) is 61.7 Å². The number of ether oxygens (including phenoxy) is 1. The summed E-state index contributed by atoms with van der Waals surface area (Å²) >= 11 is 0. The number of hydrogen-bond donors (Lipinski definition) is 1. The van der Waals surface area contributed by atoms with Crippen molar-refractivity contribution in [1.82, 2.24) is 14.5 Å². The smallest absolute Gasteiger partial charge is 0.254 e. The number of amides is 2. The molecule has 2 aliphatic rings. The Balaban J connectivity index is 1.16. The van der Waals surface area contributed by atoms with Crippen molar-refractivity contribution in [2.24, 2.45) is 5.92 Å². The second-order valence-corrected chi connectivity index (χ2v) is 13.1. The second kappa shape index (κ2) is 13.5. The molecule has 1 aliphatic heterocycles. The predicted octanol–water partition coefficient (Wildman–Crippen LogP) is 4.87. The monoisotopic (exact) mass is 589 g/mol. The normalized spacial score (nSPS) is 20.0. The highest BCUT2D eigenvalue weighted by atomic mass is 32.2. The maximum absolute atomic E-state index is 13.7. The zero-order chi connectivity index (χ0) is 29.5. The van der Waals surface area contributed by atoms with Gasteiger partial charge in [0.05, 0.1) is 12.0 Å². The van der Waals surface area contributed by atoms with Gasteiger partial charge in [0.1, 0.15) is 5.75 Å². The molecule has 0 radical (unpaired) electrons. The van der Waals surface area contributed by atoms with Gasteiger partial charge in [-0.05, 0) is 80.5 Å². The van der Waals surface area contributed by atoms with E-state index in [-0.39, 0.29) is 34.7 Å². The van der Waals surface area contributed by atoms with Crippen molar-refractivity contribution in [3.05, 3.63) is 96.1 Å². The molecular formula is C33H39N3O5S. The summed E-state index contributed by atoms with van der Waals surface area (Å²) in [5, 5.41) is 3.23. The fourth-order valence-corrected chi connectivity index (χ4v) is 7.49. The molecule has 0 unspecified atom stereocenters. The maximum Gasteiger partial charge on any atom is 0.254 e. The molecular weight excluding hydrogens is 550 g/mol. The fraction of sp³-hybridized carbons (Fsp3) is 0.394. The molecule has 2 fully saturated rings. The van der Waals surface area contributed by atoms with E-state index in [0.717, 1.165) is 31.2 Å². The summed E-state index contributed by atoms with van der Waals surface area (Å²) < 4.78 is 32.6. The Kier molecular flexibility index (Phi) is 9.59. The first-order chi connectivity index (χ1) is 20.3. The van der Waals surface area contributed by atoms with Crippen LogP contribution in [0.1, 0.15) is 54.4 Å². The maximum atomic E-state index is 13.7. The number of carbonyl (C=O) groups excluding carboxylic acids is 2. The molecule has 0 bridgehead atoms. The molecule has 1 heterocycles. The van der Waals surface area contributed by atoms with Gasteiger partial charge in [-0.1, -0.05) is 48.5 Å². The molecule has 3 aromatic rings. The Bertz CT molecular complexity index is 1430. The molecule has 3 aromatic carbocycles. The highest BCUT2D eigenvalue weighted by Crippen LogP contribution is 2.28. The lowest BCUT2D eigenvalue weighted by Gasteiger charge is -2.38. The van der Waals surface area contributed by atoms with E-state index >= 15 is 0 Å². The van der Waals surface area contributed by atoms with Gasteiger partial charge in [-0.2, -0.15) is 4.31 Å². The third-order valence-electron chi connectivity index (χ3n) is 8.48. The minimum Gasteiger partial charge on any atom is -0.497 e. The summed E-state index contributed by atoms with van der Waals surface area (Å²) in [6, 6.07) is 25.8. The molecule has 0 atom stereocenters. The van der Waals surface area contributed by atoms with E-state index in [2.05, 4.69) is 5.32 Å². The second-order valence-electron chi connectivity index (χ2n) is 11.2. The van der Waals surface area contributed by atoms with Crippen molar-refractivity contribution >= 4 is 21.8 Å². The van der Waals surface area contributed by atoms with Gasteiger partial charge < -0.3 is 15.0 Å². The van der Waals surface area contributed by atoms with Crippen LogP contribution in [0.5, 0.6) is 5.75 Å². The van der Waals surface area contributed by atoms with Gasteiger partial charge in [-0.15, -0.1) is 0 Å². The van der Waals surface area contributed by atoms with Gasteiger partial charge in [-0.3, -0.25) is 9.59 Å². The Hall–Kier alpha value is -3.69. The summed E-state index contributed by atoms with van der Waals surface area (Å²) in [5.41, 5.74) is 1.71. The number of carbonyl (C=O) groups is 2. The van der Waals surface area contributed by atoms with E-state index in [9.17, 15) is 18.0 Å². The highest BCUT2D eigenvalue weighted by molar-refractivity contribution is 7.89. The molecule has 0 spiro atoms. The van der Waals surface area contributed by atoms with Crippen molar-refractivity contribution < 1.29 is 22.7 Å². The van der Waals surface area contributed by atoms with E-state index in [1.54, 1.807) is 49.6 Å². The molecule has 1 aliphatic carbocycles. The molecule has 5 rings (SSSR count). The van der Waals surface area contributed by atoms with Crippen LogP contribution in [0, 0.1) is 5.92 Å². The Morgan fingerprint density at radius 1 is 0.833 bits per heavy atom. The number of rotatable bonds is 9. The summed E-state index contributed by atoms with van der Waals surface area (Å²) in [5.74, 6) is 0.508. The lowest BCUT2D eigenvalue weighted by atomic mass is 9.88. The number of sulfonamides is 1. The van der Waals surface area contributed by atoms with Crippen LogP contribution in [0.25, 0.3) is 0 Å². The molecule has 42 heavy (non-hydrogen) atoms. The minimum absolute atomic E-state index is 0.00524. The van der Waals surface area contributed by atoms with Crippen molar-refractivity contribution in [3.8, 4) is 5.75 Å². The zero-order valence-electron chi connectivity index (χ0n) is 24.0. The Morgan fingerprint density at radius 2 is 1.43 bits per heavy atom. The minimum atomic E-state index is -3.54. The third kappa shape index (κ3) is 7.02. The summed E-state index contributed by atoms with van der Waals surface area (Å²) in [6.45, 7) is 1.20. The average molecular weight is 590 g/mol. The van der Waals surface area contributed by atoms with Crippen molar-refractivity contribution in [2.45, 2.75) is 62.0 Å². The highest BCUT2D eigenvalue weighted by Gasteiger charge is 2.34. The topological polar surface area (TPSA) is 96.0 Å². The quantitative estimate of drug-likeness (QED) is 0.385. The first-order valence-electron chi connectivity index (χ1n) is 14.7. The van der Waals surface area contributed by atoms with E-state index < -0.39 is 10.0 Å². The van der Waals surface area contributed by atoms with Crippen LogP contribution in [0.4, 0.5) is 0 Å². The Morgan fingerprint density at radius 3 is 2.02 bits per heavy atom. The first-order valence-corrected chi connectivity index (χ1v) is 16.1. The summed E-state index contributed by atoms with van der Waals surface area (Å²) in [4.78, 5) is 29.1. The van der Waals surface area contributed by atoms with Crippen LogP contribution >= 0.6 is 0 Å². The molecule has 1 saturated carbocycles. The van der Waals surface area contributed by atoms with Gasteiger partial charge in [0, 0.05) is 43.2 Å². The molecule has 1 saturated heterocycles. The predicted molar refractivity (Wildman–Crippen MR) is 161 cm³/mol. The molecule has 1 N–H and O–H groups in total. The number of piperidine rings is 1. The van der Waals surface area contributed by atoms with Crippen molar-refractivity contribution in [1.29, 1.82) is 0 Å². The lowest BCUT2D eigenvalue weighted by Crippen LogP contribution is -2.48. The van der Waals surface area contributed by atoms with E-state index in [0.29, 0.717) is 43.8 Å². The number of nitrogens with one attached hydrogen (secondary N) is 1. The van der Waals surface area contributed by atoms with Crippen molar-refractivity contribution in [3.63, 3.8) is 0 Å². The molecule has 8 nitrogen and oxygen atoms in total. The number of methoxy groups -OCH3 is 1. The van der Waals surface area contributed by atoms with E-state index in [1.807, 2.05) is 47.4 Å². The van der Waals surface area contributed by atoms with Crippen LogP contribution in [-0.2, 0) is 21.4 Å². The number of hydrogen-bond acceptors (Lipinski definition) is 5. The van der Waals surface area contributed by atoms with E-state index in [1.165, 1.54) is 4.31 Å². The summed E-state index contributed by atoms with van der Waals surface area (Å²) in [6.07, 6.45) is 4.20. The third-order valence-corrected chi connectivity index (χ3v) is 10.4. The first kappa shape index (κ1) is 29.8. The standard InChI is InChI=1S/C33H39N3O5S/c1-41-30-18-12-27(13-19-30)33(38)36(24-25-8-4-2-5-9-25)29-16-14-28(15-17-29)34-32(37)26-20-22-35(23-21-26)42(39,40)31-10-6-3-7-11-31/h2-13,18-19,26,28-29H,14-17,20-24H2,1H3,(H,34,37). The van der Waals surface area contributed by atoms with Crippen LogP contribution in [0.3, 0.4) is 0 Å². The van der Waals surface area contributed by atoms with Gasteiger partial charge in [0.25, 0.3) is 5.91 Å². The molecule has 2 amide bonds. The van der Waals surface area contributed by atoms with Crippen LogP contribution < -0.4 is 10.1 Å². The lowest BCUT2D eigenvalue weighted by molar-refractivity contribution is -0.127. The molecule has 9 heteroatoms. The van der Waals surface area contributed by atoms with Gasteiger partial charge in [0.15, 0.2) is 0 Å². The zero-order valence-corrected chi connectivity index (χ0v) is 24.8. The SMILES string of the molecule is COc1ccc(C(=O)N(Cc2ccccc2)C2CCC(NC(=O)C3CCN(S(=O)(=O)c4ccccc4)CC3)CC2)cc1. The number of nitrogens with zero attached hydrogens (tertiary/aromatic N) is 2. The molecule has 0 aromatic heterocycles. The van der Waals surface area contributed by atoms with Gasteiger partial charge in [-0.25, -0.2) is 8.42 Å². The van der Waals surface area contributed by atoms with Crippen LogP contribution in [0.15, 0.2) is 89.8 Å². The Labute approximate surface area is 248 Å². The summed E-state index contributed by atoms with van der Waals surface area (Å²) in [7, 11) is -1.94. The molecule has 222 valence electrons. The average Bonchev–Trinajstić information content (AvgIpc) is 3.05. The number of benzene rings is 3. The van der Waals surface area contributed by atoms with Gasteiger partial charge in [0.2, 0.25) is 15.9 Å². The fourth-order valence-electron chi connectivity index (χ4n) is 6.00. The van der Waals surface area contributed by atoms with Crippen molar-refractivity contribution in [2.75, 3.05) is 20.2 Å². The van der Waals surface area contributed by atoms with Crippen LogP contribution in [0.2, 0.25) is 0 Å². The van der Waals surface area contributed by atoms with Gasteiger partial charge >= 0.3 is 0 Å². The largest absolute Gasteiger partial charge is 0.497 e.